The molecule has 0 radical (unpaired) electrons. The van der Waals surface area contributed by atoms with Crippen molar-refractivity contribution >= 4 is 33.3 Å². The summed E-state index contributed by atoms with van der Waals surface area (Å²) in [5, 5.41) is -0.682. The zero-order valence-corrected chi connectivity index (χ0v) is 14.7. The number of sulfonamides is 1. The van der Waals surface area contributed by atoms with E-state index in [0.717, 1.165) is 5.56 Å². The highest BCUT2D eigenvalue weighted by Crippen LogP contribution is 2.26. The molecule has 0 saturated carbocycles. The number of carbonyl (C=O) groups is 1. The lowest BCUT2D eigenvalue weighted by Crippen LogP contribution is -2.44. The number of anilines is 1. The fourth-order valence-corrected chi connectivity index (χ4v) is 4.19. The quantitative estimate of drug-likeness (QED) is 0.686. The van der Waals surface area contributed by atoms with Crippen LogP contribution >= 0.6 is 11.6 Å². The maximum absolute atomic E-state index is 12.6. The first-order chi connectivity index (χ1) is 10.8. The van der Waals surface area contributed by atoms with Crippen LogP contribution in [0.2, 0.25) is 5.02 Å². The Morgan fingerprint density at radius 2 is 2.09 bits per heavy atom. The minimum absolute atomic E-state index is 0.328. The van der Waals surface area contributed by atoms with E-state index in [9.17, 15) is 13.2 Å². The number of carbonyl (C=O) groups excluding carboxylic acids is 1. The number of hydrazine groups is 1. The molecule has 2 rings (SSSR count). The summed E-state index contributed by atoms with van der Waals surface area (Å²) in [5.74, 6) is -1.42. The number of rotatable bonds is 5. The summed E-state index contributed by atoms with van der Waals surface area (Å²) in [6.07, 6.45) is 0.579. The molecule has 0 amide bonds. The van der Waals surface area contributed by atoms with Gasteiger partial charge in [-0.3, -0.25) is 14.9 Å². The van der Waals surface area contributed by atoms with Crippen molar-refractivity contribution in [3.63, 3.8) is 0 Å². The van der Waals surface area contributed by atoms with Gasteiger partial charge in [0.15, 0.2) is 5.37 Å². The highest BCUT2D eigenvalue weighted by atomic mass is 35.5. The standard InChI is InChI=1S/C14H20ClN3O4S/c1-4-11-12(14(19)22-3)13(17-16-11)23(20,21)18-9-6-5-8(2)10(15)7-9/h5-7,11-13,16-18H,4H2,1-3H3. The SMILES string of the molecule is CCC1NNC(S(=O)(=O)Nc2ccc(C)c(Cl)c2)C1C(=O)OC. The Kier molecular flexibility index (Phi) is 5.51. The van der Waals surface area contributed by atoms with Crippen molar-refractivity contribution in [2.24, 2.45) is 5.92 Å². The van der Waals surface area contributed by atoms with Crippen LogP contribution in [-0.4, -0.2) is 32.9 Å². The molecule has 0 bridgehead atoms. The molecule has 23 heavy (non-hydrogen) atoms. The van der Waals surface area contributed by atoms with Crippen LogP contribution in [0.5, 0.6) is 0 Å². The second-order valence-corrected chi connectivity index (χ2v) is 7.59. The molecule has 3 N–H and O–H groups in total. The molecule has 1 heterocycles. The summed E-state index contributed by atoms with van der Waals surface area (Å²) in [6.45, 7) is 3.68. The highest BCUT2D eigenvalue weighted by Gasteiger charge is 2.47. The molecule has 1 saturated heterocycles. The van der Waals surface area contributed by atoms with Crippen LogP contribution in [0.25, 0.3) is 0 Å². The molecule has 9 heteroatoms. The summed E-state index contributed by atoms with van der Waals surface area (Å²) < 4.78 is 32.5. The number of ether oxygens (including phenoxy) is 1. The van der Waals surface area contributed by atoms with E-state index < -0.39 is 27.3 Å². The maximum atomic E-state index is 12.6. The van der Waals surface area contributed by atoms with Gasteiger partial charge in [0.1, 0.15) is 5.92 Å². The van der Waals surface area contributed by atoms with E-state index in [1.54, 1.807) is 12.1 Å². The van der Waals surface area contributed by atoms with Crippen molar-refractivity contribution < 1.29 is 17.9 Å². The van der Waals surface area contributed by atoms with Gasteiger partial charge in [-0.15, -0.1) is 0 Å². The molecule has 1 fully saturated rings. The summed E-state index contributed by atoms with van der Waals surface area (Å²) in [5.41, 5.74) is 6.69. The Morgan fingerprint density at radius 1 is 1.39 bits per heavy atom. The van der Waals surface area contributed by atoms with Crippen LogP contribution in [0.1, 0.15) is 18.9 Å². The molecule has 3 atom stereocenters. The number of halogens is 1. The summed E-state index contributed by atoms with van der Waals surface area (Å²) in [4.78, 5) is 12.0. The molecule has 0 aliphatic carbocycles. The summed E-state index contributed by atoms with van der Waals surface area (Å²) in [7, 11) is -2.63. The lowest BCUT2D eigenvalue weighted by molar-refractivity contribution is -0.145. The maximum Gasteiger partial charge on any atom is 0.313 e. The van der Waals surface area contributed by atoms with E-state index >= 15 is 0 Å². The van der Waals surface area contributed by atoms with Gasteiger partial charge in [0.2, 0.25) is 0 Å². The molecule has 7 nitrogen and oxygen atoms in total. The van der Waals surface area contributed by atoms with E-state index in [1.807, 2.05) is 13.8 Å². The lowest BCUT2D eigenvalue weighted by atomic mass is 10.00. The molecule has 1 aliphatic rings. The van der Waals surface area contributed by atoms with Crippen molar-refractivity contribution in [3.05, 3.63) is 28.8 Å². The van der Waals surface area contributed by atoms with Gasteiger partial charge in [0.05, 0.1) is 12.8 Å². The van der Waals surface area contributed by atoms with Crippen LogP contribution in [0.4, 0.5) is 5.69 Å². The van der Waals surface area contributed by atoms with Gasteiger partial charge in [-0.1, -0.05) is 24.6 Å². The van der Waals surface area contributed by atoms with Gasteiger partial charge in [0, 0.05) is 11.1 Å². The first-order valence-corrected chi connectivity index (χ1v) is 9.09. The molecular weight excluding hydrogens is 342 g/mol. The average Bonchev–Trinajstić information content (AvgIpc) is 2.94. The van der Waals surface area contributed by atoms with Crippen molar-refractivity contribution in [1.29, 1.82) is 0 Å². The number of hydrogen-bond acceptors (Lipinski definition) is 6. The number of hydrogen-bond donors (Lipinski definition) is 3. The molecule has 1 aliphatic heterocycles. The molecule has 0 aromatic heterocycles. The number of esters is 1. The van der Waals surface area contributed by atoms with Crippen LogP contribution in [0, 0.1) is 12.8 Å². The van der Waals surface area contributed by atoms with Crippen molar-refractivity contribution in [2.45, 2.75) is 31.7 Å². The Bertz CT molecular complexity index is 695. The van der Waals surface area contributed by atoms with E-state index in [0.29, 0.717) is 17.1 Å². The van der Waals surface area contributed by atoms with Crippen LogP contribution < -0.4 is 15.6 Å². The van der Waals surface area contributed by atoms with Crippen molar-refractivity contribution in [1.82, 2.24) is 10.9 Å². The van der Waals surface area contributed by atoms with Gasteiger partial charge in [-0.2, -0.15) is 0 Å². The second-order valence-electron chi connectivity index (χ2n) is 5.38. The predicted molar refractivity (Wildman–Crippen MR) is 88.4 cm³/mol. The monoisotopic (exact) mass is 361 g/mol. The lowest BCUT2D eigenvalue weighted by Gasteiger charge is -2.20. The Labute approximate surface area is 140 Å². The van der Waals surface area contributed by atoms with Crippen molar-refractivity contribution in [3.8, 4) is 0 Å². The third-order valence-electron chi connectivity index (χ3n) is 3.85. The second kappa shape index (κ2) is 7.04. The average molecular weight is 362 g/mol. The van der Waals surface area contributed by atoms with Gasteiger partial charge in [-0.05, 0) is 31.0 Å². The van der Waals surface area contributed by atoms with E-state index in [-0.39, 0.29) is 6.04 Å². The fourth-order valence-electron chi connectivity index (χ4n) is 2.51. The van der Waals surface area contributed by atoms with E-state index in [1.165, 1.54) is 13.2 Å². The summed E-state index contributed by atoms with van der Waals surface area (Å²) >= 11 is 6.01. The predicted octanol–water partition coefficient (Wildman–Crippen LogP) is 1.39. The highest BCUT2D eigenvalue weighted by molar-refractivity contribution is 7.93. The molecular formula is C14H20ClN3O4S. The molecule has 128 valence electrons. The molecule has 1 aromatic carbocycles. The van der Waals surface area contributed by atoms with Gasteiger partial charge in [0.25, 0.3) is 10.0 Å². The number of methoxy groups -OCH3 is 1. The third kappa shape index (κ3) is 3.77. The van der Waals surface area contributed by atoms with Gasteiger partial charge < -0.3 is 4.74 Å². The van der Waals surface area contributed by atoms with Gasteiger partial charge >= 0.3 is 5.97 Å². The normalized spacial score (nSPS) is 24.4. The smallest absolute Gasteiger partial charge is 0.313 e. The minimum Gasteiger partial charge on any atom is -0.469 e. The Balaban J connectivity index is 2.27. The third-order valence-corrected chi connectivity index (χ3v) is 5.86. The summed E-state index contributed by atoms with van der Waals surface area (Å²) in [6, 6.07) is 4.53. The largest absolute Gasteiger partial charge is 0.469 e. The van der Waals surface area contributed by atoms with Crippen LogP contribution in [-0.2, 0) is 19.6 Å². The van der Waals surface area contributed by atoms with Crippen LogP contribution in [0.15, 0.2) is 18.2 Å². The van der Waals surface area contributed by atoms with E-state index in [2.05, 4.69) is 15.6 Å². The zero-order chi connectivity index (χ0) is 17.2. The molecule has 0 spiro atoms. The number of benzene rings is 1. The first kappa shape index (κ1) is 18.0. The molecule has 1 aromatic rings. The first-order valence-electron chi connectivity index (χ1n) is 7.16. The topological polar surface area (TPSA) is 96.5 Å². The van der Waals surface area contributed by atoms with Gasteiger partial charge in [-0.25, -0.2) is 13.8 Å². The number of nitrogens with one attached hydrogen (secondary N) is 3. The van der Waals surface area contributed by atoms with E-state index in [4.69, 9.17) is 16.3 Å². The zero-order valence-electron chi connectivity index (χ0n) is 13.1. The van der Waals surface area contributed by atoms with Crippen molar-refractivity contribution in [2.75, 3.05) is 11.8 Å². The fraction of sp³-hybridized carbons (Fsp3) is 0.500. The van der Waals surface area contributed by atoms with Crippen LogP contribution in [0.3, 0.4) is 0 Å². The Hall–Kier alpha value is -1.35. The Morgan fingerprint density at radius 3 is 2.65 bits per heavy atom. The molecule has 3 unspecified atom stereocenters. The minimum atomic E-state index is -3.87. The number of aryl methyl sites for hydroxylation is 1.